The smallest absolute Gasteiger partial charge is 0.360 e. The van der Waals surface area contributed by atoms with Crippen molar-refractivity contribution in [3.63, 3.8) is 0 Å². The highest BCUT2D eigenvalue weighted by molar-refractivity contribution is 6.43. The number of oxime groups is 1. The molecule has 0 bridgehead atoms. The Morgan fingerprint density at radius 3 is 2.53 bits per heavy atom. The lowest BCUT2D eigenvalue weighted by atomic mass is 10.0. The molecule has 154 valence electrons. The van der Waals surface area contributed by atoms with E-state index < -0.39 is 5.97 Å². The lowest BCUT2D eigenvalue weighted by Crippen LogP contribution is -2.19. The number of carbonyl (C=O) groups is 1. The van der Waals surface area contributed by atoms with E-state index in [1.54, 1.807) is 48.5 Å². The van der Waals surface area contributed by atoms with Crippen molar-refractivity contribution in [1.82, 2.24) is 10.2 Å². The zero-order valence-electron chi connectivity index (χ0n) is 16.2. The Kier molecular flexibility index (Phi) is 7.18. The van der Waals surface area contributed by atoms with Crippen molar-refractivity contribution in [3.8, 4) is 17.4 Å². The number of benzene rings is 2. The minimum Gasteiger partial charge on any atom is -0.489 e. The van der Waals surface area contributed by atoms with Crippen LogP contribution in [0.4, 0.5) is 0 Å². The molecule has 1 heterocycles. The second kappa shape index (κ2) is 10.2. The van der Waals surface area contributed by atoms with Crippen LogP contribution in [0.15, 0.2) is 65.8 Å². The summed E-state index contributed by atoms with van der Waals surface area (Å²) in [4.78, 5) is 16.8. The lowest BCUT2D eigenvalue weighted by molar-refractivity contribution is -0.132. The van der Waals surface area contributed by atoms with Gasteiger partial charge < -0.3 is 19.0 Å². The first-order valence-corrected chi connectivity index (χ1v) is 9.16. The summed E-state index contributed by atoms with van der Waals surface area (Å²) in [6.07, 6.45) is 0. The van der Waals surface area contributed by atoms with Crippen molar-refractivity contribution in [2.75, 3.05) is 14.2 Å². The molecule has 8 nitrogen and oxygen atoms in total. The first-order chi connectivity index (χ1) is 14.6. The number of nitrogens with zero attached hydrogens (tertiary/aromatic N) is 3. The summed E-state index contributed by atoms with van der Waals surface area (Å²) >= 11 is 5.73. The molecule has 0 saturated heterocycles. The summed E-state index contributed by atoms with van der Waals surface area (Å²) in [7, 11) is 2.64. The van der Waals surface area contributed by atoms with Gasteiger partial charge in [0.1, 0.15) is 25.2 Å². The van der Waals surface area contributed by atoms with Gasteiger partial charge in [-0.15, -0.1) is 10.2 Å². The second-order valence-electron chi connectivity index (χ2n) is 5.83. The molecule has 0 N–H and O–H groups in total. The zero-order valence-corrected chi connectivity index (χ0v) is 17.0. The maximum Gasteiger partial charge on any atom is 0.360 e. The SMILES string of the molecule is CON=C(C(=O)OC)c1ccccc1COc1cccc(Oc2ccc(Cl)nn2)c1. The first-order valence-electron chi connectivity index (χ1n) is 8.78. The van der Waals surface area contributed by atoms with E-state index >= 15 is 0 Å². The molecule has 0 amide bonds. The van der Waals surface area contributed by atoms with Gasteiger partial charge in [0, 0.05) is 17.7 Å². The predicted octanol–water partition coefficient (Wildman–Crippen LogP) is 4.02. The van der Waals surface area contributed by atoms with E-state index in [1.807, 2.05) is 12.1 Å². The minimum absolute atomic E-state index is 0.0533. The summed E-state index contributed by atoms with van der Waals surface area (Å²) in [5.41, 5.74) is 1.33. The number of methoxy groups -OCH3 is 1. The Hall–Kier alpha value is -3.65. The average Bonchev–Trinajstić information content (AvgIpc) is 2.78. The molecule has 3 rings (SSSR count). The third kappa shape index (κ3) is 5.45. The van der Waals surface area contributed by atoms with Crippen LogP contribution in [0.25, 0.3) is 0 Å². The van der Waals surface area contributed by atoms with E-state index in [4.69, 9.17) is 30.6 Å². The number of halogens is 1. The standard InChI is InChI=1S/C21H18ClN3O5/c1-27-21(26)20(25-28-2)17-9-4-3-6-14(17)13-29-15-7-5-8-16(12-15)30-19-11-10-18(22)23-24-19/h3-12H,13H2,1-2H3. The van der Waals surface area contributed by atoms with Crippen LogP contribution in [0.1, 0.15) is 11.1 Å². The van der Waals surface area contributed by atoms with Crippen molar-refractivity contribution in [1.29, 1.82) is 0 Å². The topological polar surface area (TPSA) is 92.1 Å². The molecule has 0 spiro atoms. The third-order valence-corrected chi connectivity index (χ3v) is 4.07. The van der Waals surface area contributed by atoms with Crippen LogP contribution in [-0.2, 0) is 21.0 Å². The van der Waals surface area contributed by atoms with Crippen molar-refractivity contribution < 1.29 is 23.8 Å². The number of aromatic nitrogens is 2. The number of esters is 1. The van der Waals surface area contributed by atoms with Gasteiger partial charge in [-0.1, -0.05) is 47.1 Å². The molecule has 0 radical (unpaired) electrons. The van der Waals surface area contributed by atoms with Crippen LogP contribution >= 0.6 is 11.6 Å². The number of hydrogen-bond acceptors (Lipinski definition) is 8. The molecule has 2 aromatic carbocycles. The van der Waals surface area contributed by atoms with E-state index in [0.29, 0.717) is 22.9 Å². The number of hydrogen-bond donors (Lipinski definition) is 0. The summed E-state index contributed by atoms with van der Waals surface area (Å²) in [5, 5.41) is 11.7. The van der Waals surface area contributed by atoms with E-state index in [-0.39, 0.29) is 17.5 Å². The molecule has 0 aliphatic rings. The molecule has 0 atom stereocenters. The Labute approximate surface area is 178 Å². The number of rotatable bonds is 8. The quantitative estimate of drug-likeness (QED) is 0.304. The van der Waals surface area contributed by atoms with Gasteiger partial charge in [0.25, 0.3) is 0 Å². The van der Waals surface area contributed by atoms with Crippen LogP contribution in [0.2, 0.25) is 5.15 Å². The van der Waals surface area contributed by atoms with Crippen molar-refractivity contribution >= 4 is 23.3 Å². The van der Waals surface area contributed by atoms with Crippen LogP contribution < -0.4 is 9.47 Å². The van der Waals surface area contributed by atoms with Gasteiger partial charge in [0.2, 0.25) is 5.88 Å². The lowest BCUT2D eigenvalue weighted by Gasteiger charge is -2.12. The summed E-state index contributed by atoms with van der Waals surface area (Å²) < 4.78 is 16.3. The van der Waals surface area contributed by atoms with Crippen LogP contribution in [0.5, 0.6) is 17.4 Å². The molecular weight excluding hydrogens is 410 g/mol. The van der Waals surface area contributed by atoms with Gasteiger partial charge in [0.05, 0.1) is 7.11 Å². The Morgan fingerprint density at radius 2 is 1.80 bits per heavy atom. The van der Waals surface area contributed by atoms with Crippen molar-refractivity contribution in [2.45, 2.75) is 6.61 Å². The van der Waals surface area contributed by atoms with Crippen molar-refractivity contribution in [2.24, 2.45) is 5.16 Å². The molecule has 0 saturated carbocycles. The first kappa shape index (κ1) is 21.1. The molecule has 9 heteroatoms. The fourth-order valence-electron chi connectivity index (χ4n) is 2.53. The van der Waals surface area contributed by atoms with Gasteiger partial charge in [-0.2, -0.15) is 0 Å². The molecule has 3 aromatic rings. The molecule has 0 aliphatic heterocycles. The van der Waals surface area contributed by atoms with Gasteiger partial charge in [-0.05, 0) is 23.8 Å². The predicted molar refractivity (Wildman–Crippen MR) is 110 cm³/mol. The highest BCUT2D eigenvalue weighted by Crippen LogP contribution is 2.25. The highest BCUT2D eigenvalue weighted by Gasteiger charge is 2.19. The number of ether oxygens (including phenoxy) is 3. The molecule has 30 heavy (non-hydrogen) atoms. The minimum atomic E-state index is -0.608. The molecule has 0 unspecified atom stereocenters. The van der Waals surface area contributed by atoms with Crippen LogP contribution in [0.3, 0.4) is 0 Å². The van der Waals surface area contributed by atoms with Crippen LogP contribution in [0, 0.1) is 0 Å². The summed E-state index contributed by atoms with van der Waals surface area (Å²) in [6, 6.07) is 17.4. The van der Waals surface area contributed by atoms with E-state index in [2.05, 4.69) is 15.4 Å². The van der Waals surface area contributed by atoms with E-state index in [0.717, 1.165) is 5.56 Å². The second-order valence-corrected chi connectivity index (χ2v) is 6.22. The monoisotopic (exact) mass is 427 g/mol. The van der Waals surface area contributed by atoms with Gasteiger partial charge in [-0.25, -0.2) is 4.79 Å². The molecule has 0 fully saturated rings. The summed E-state index contributed by atoms with van der Waals surface area (Å²) in [6.45, 7) is 0.181. The average molecular weight is 428 g/mol. The maximum atomic E-state index is 12.1. The fraction of sp³-hybridized carbons (Fsp3) is 0.143. The maximum absolute atomic E-state index is 12.1. The van der Waals surface area contributed by atoms with E-state index in [1.165, 1.54) is 14.2 Å². The normalized spacial score (nSPS) is 11.0. The highest BCUT2D eigenvalue weighted by atomic mass is 35.5. The molecule has 1 aromatic heterocycles. The van der Waals surface area contributed by atoms with Crippen molar-refractivity contribution in [3.05, 3.63) is 76.9 Å². The Balaban J connectivity index is 1.75. The van der Waals surface area contributed by atoms with Gasteiger partial charge >= 0.3 is 5.97 Å². The molecule has 0 aliphatic carbocycles. The zero-order chi connectivity index (χ0) is 21.3. The van der Waals surface area contributed by atoms with E-state index in [9.17, 15) is 4.79 Å². The summed E-state index contributed by atoms with van der Waals surface area (Å²) in [5.74, 6) is 0.783. The third-order valence-electron chi connectivity index (χ3n) is 3.86. The van der Waals surface area contributed by atoms with Gasteiger partial charge in [0.15, 0.2) is 10.9 Å². The Morgan fingerprint density at radius 1 is 1.00 bits per heavy atom. The van der Waals surface area contributed by atoms with Gasteiger partial charge in [-0.3, -0.25) is 0 Å². The molecular formula is C21H18ClN3O5. The largest absolute Gasteiger partial charge is 0.489 e. The Bertz CT molecular complexity index is 1040. The number of carbonyl (C=O) groups excluding carboxylic acids is 1. The van der Waals surface area contributed by atoms with Crippen LogP contribution in [-0.4, -0.2) is 36.1 Å². The fourth-order valence-corrected chi connectivity index (χ4v) is 2.63.